The van der Waals surface area contributed by atoms with Crippen molar-refractivity contribution in [3.05, 3.63) is 57.1 Å². The van der Waals surface area contributed by atoms with Gasteiger partial charge in [0.15, 0.2) is 0 Å². The molecule has 1 aromatic carbocycles. The molecule has 0 radical (unpaired) electrons. The number of rotatable bonds is 5. The fraction of sp³-hybridized carbons (Fsp3) is 0.364. The molecule has 2 aromatic heterocycles. The summed E-state index contributed by atoms with van der Waals surface area (Å²) in [4.78, 5) is 27.2. The number of likely N-dealkylation sites (tertiary alicyclic amines) is 1. The maximum Gasteiger partial charge on any atom is 0.419 e. The molecule has 3 heterocycles. The van der Waals surface area contributed by atoms with E-state index in [9.17, 15) is 36.6 Å². The van der Waals surface area contributed by atoms with Gasteiger partial charge in [-0.2, -0.15) is 13.2 Å². The monoisotopic (exact) mass is 486 g/mol. The standard InChI is InChI=1S/C22H19F5N2O3S/c23-14-3-5-28(9-14)18(31)10-29-8-13(4-6-30)20-19(21(29)32)15(11-33-20)12-1-2-17(24)16(7-12)22(25,26)27/h1-2,7-8,11,14,30H,3-6,9-10H2. The molecule has 1 aliphatic heterocycles. The number of halogens is 5. The number of hydrogen-bond acceptors (Lipinski definition) is 4. The van der Waals surface area contributed by atoms with E-state index in [1.165, 1.54) is 16.5 Å². The zero-order chi connectivity index (χ0) is 23.9. The first-order valence-corrected chi connectivity index (χ1v) is 11.0. The third kappa shape index (κ3) is 4.51. The van der Waals surface area contributed by atoms with Gasteiger partial charge in [-0.25, -0.2) is 8.78 Å². The van der Waals surface area contributed by atoms with Crippen LogP contribution in [0, 0.1) is 5.82 Å². The number of fused-ring (bicyclic) bond motifs is 1. The Kier molecular flexibility index (Phi) is 6.28. The van der Waals surface area contributed by atoms with Crippen LogP contribution in [-0.2, 0) is 23.9 Å². The van der Waals surface area contributed by atoms with E-state index in [2.05, 4.69) is 0 Å². The fourth-order valence-electron chi connectivity index (χ4n) is 3.98. The maximum atomic E-state index is 13.8. The second-order valence-corrected chi connectivity index (χ2v) is 8.71. The SMILES string of the molecule is O=C(Cn1cc(CCO)c2scc(-c3ccc(F)c(C(F)(F)F)c3)c2c1=O)N1CCC(F)C1. The quantitative estimate of drug-likeness (QED) is 0.555. The number of pyridine rings is 1. The number of nitrogens with zero attached hydrogens (tertiary/aromatic N) is 2. The molecule has 1 atom stereocenters. The number of aromatic nitrogens is 1. The number of aliphatic hydroxyl groups excluding tert-OH is 1. The lowest BCUT2D eigenvalue weighted by atomic mass is 10.0. The Morgan fingerprint density at radius 1 is 1.27 bits per heavy atom. The second-order valence-electron chi connectivity index (χ2n) is 7.83. The lowest BCUT2D eigenvalue weighted by Gasteiger charge is -2.17. The average molecular weight is 486 g/mol. The van der Waals surface area contributed by atoms with Gasteiger partial charge in [0.2, 0.25) is 5.91 Å². The van der Waals surface area contributed by atoms with Gasteiger partial charge in [-0.05, 0) is 36.1 Å². The summed E-state index contributed by atoms with van der Waals surface area (Å²) in [7, 11) is 0. The molecule has 1 amide bonds. The maximum absolute atomic E-state index is 13.8. The van der Waals surface area contributed by atoms with Gasteiger partial charge in [0, 0.05) is 35.0 Å². The number of carbonyl (C=O) groups is 1. The summed E-state index contributed by atoms with van der Waals surface area (Å²) in [6, 6.07) is 2.50. The molecule has 1 unspecified atom stereocenters. The van der Waals surface area contributed by atoms with Gasteiger partial charge >= 0.3 is 6.18 Å². The Labute approximate surface area is 188 Å². The van der Waals surface area contributed by atoms with Crippen molar-refractivity contribution in [1.29, 1.82) is 0 Å². The minimum Gasteiger partial charge on any atom is -0.396 e. The highest BCUT2D eigenvalue weighted by molar-refractivity contribution is 7.18. The zero-order valence-electron chi connectivity index (χ0n) is 17.2. The number of alkyl halides is 4. The van der Waals surface area contributed by atoms with Crippen LogP contribution in [0.4, 0.5) is 22.0 Å². The average Bonchev–Trinajstić information content (AvgIpc) is 3.38. The van der Waals surface area contributed by atoms with Crippen LogP contribution in [0.15, 0.2) is 34.6 Å². The van der Waals surface area contributed by atoms with Crippen LogP contribution in [0.2, 0.25) is 0 Å². The van der Waals surface area contributed by atoms with Crippen molar-refractivity contribution < 1.29 is 31.9 Å². The van der Waals surface area contributed by atoms with Crippen LogP contribution in [0.5, 0.6) is 0 Å². The summed E-state index contributed by atoms with van der Waals surface area (Å²) in [5.41, 5.74) is -1.33. The van der Waals surface area contributed by atoms with E-state index in [1.54, 1.807) is 0 Å². The molecule has 11 heteroatoms. The topological polar surface area (TPSA) is 62.5 Å². The van der Waals surface area contributed by atoms with Gasteiger partial charge in [0.05, 0.1) is 17.5 Å². The molecule has 0 aliphatic carbocycles. The Balaban J connectivity index is 1.83. The van der Waals surface area contributed by atoms with Gasteiger partial charge in [0.1, 0.15) is 18.5 Å². The van der Waals surface area contributed by atoms with Crippen LogP contribution < -0.4 is 5.56 Å². The molecule has 3 aromatic rings. The molecule has 0 bridgehead atoms. The van der Waals surface area contributed by atoms with Crippen LogP contribution >= 0.6 is 11.3 Å². The van der Waals surface area contributed by atoms with Crippen molar-refractivity contribution in [3.63, 3.8) is 0 Å². The normalized spacial score (nSPS) is 16.7. The summed E-state index contributed by atoms with van der Waals surface area (Å²) in [5, 5.41) is 11.0. The molecule has 1 aliphatic rings. The number of aliphatic hydroxyl groups is 1. The van der Waals surface area contributed by atoms with Crippen molar-refractivity contribution in [2.45, 2.75) is 31.7 Å². The van der Waals surface area contributed by atoms with Crippen molar-refractivity contribution in [3.8, 4) is 11.1 Å². The van der Waals surface area contributed by atoms with Crippen molar-refractivity contribution in [1.82, 2.24) is 9.47 Å². The predicted molar refractivity (Wildman–Crippen MR) is 113 cm³/mol. The molecule has 0 spiro atoms. The minimum atomic E-state index is -4.91. The smallest absolute Gasteiger partial charge is 0.396 e. The van der Waals surface area contributed by atoms with E-state index in [-0.39, 0.29) is 55.6 Å². The van der Waals surface area contributed by atoms with E-state index in [0.29, 0.717) is 22.4 Å². The highest BCUT2D eigenvalue weighted by Gasteiger charge is 2.34. The highest BCUT2D eigenvalue weighted by atomic mass is 32.1. The van der Waals surface area contributed by atoms with Crippen LogP contribution in [0.25, 0.3) is 21.2 Å². The first-order chi connectivity index (χ1) is 15.6. The Morgan fingerprint density at radius 2 is 2.03 bits per heavy atom. The number of carbonyl (C=O) groups excluding carboxylic acids is 1. The summed E-state index contributed by atoms with van der Waals surface area (Å²) in [6.07, 6.45) is -4.23. The first-order valence-electron chi connectivity index (χ1n) is 10.1. The number of hydrogen-bond donors (Lipinski definition) is 1. The molecule has 33 heavy (non-hydrogen) atoms. The Morgan fingerprint density at radius 3 is 2.67 bits per heavy atom. The van der Waals surface area contributed by atoms with Crippen molar-refractivity contribution in [2.75, 3.05) is 19.7 Å². The molecule has 5 nitrogen and oxygen atoms in total. The van der Waals surface area contributed by atoms with Gasteiger partial charge in [-0.3, -0.25) is 9.59 Å². The largest absolute Gasteiger partial charge is 0.419 e. The molecule has 1 fully saturated rings. The third-order valence-corrected chi connectivity index (χ3v) is 6.68. The number of amides is 1. The van der Waals surface area contributed by atoms with E-state index < -0.39 is 35.2 Å². The number of thiophene rings is 1. The van der Waals surface area contributed by atoms with Gasteiger partial charge in [-0.1, -0.05) is 6.07 Å². The van der Waals surface area contributed by atoms with Crippen LogP contribution in [0.1, 0.15) is 17.5 Å². The molecule has 0 saturated carbocycles. The highest BCUT2D eigenvalue weighted by Crippen LogP contribution is 2.38. The lowest BCUT2D eigenvalue weighted by molar-refractivity contribution is -0.140. The van der Waals surface area contributed by atoms with Gasteiger partial charge in [-0.15, -0.1) is 11.3 Å². The van der Waals surface area contributed by atoms with Crippen LogP contribution in [-0.4, -0.2) is 46.3 Å². The molecule has 176 valence electrons. The van der Waals surface area contributed by atoms with E-state index in [0.717, 1.165) is 22.0 Å². The summed E-state index contributed by atoms with van der Waals surface area (Å²) in [5.74, 6) is -1.88. The van der Waals surface area contributed by atoms with E-state index >= 15 is 0 Å². The van der Waals surface area contributed by atoms with E-state index in [4.69, 9.17) is 0 Å². The number of benzene rings is 1. The first kappa shape index (κ1) is 23.4. The third-order valence-electron chi connectivity index (χ3n) is 5.62. The molecule has 1 N–H and O–H groups in total. The van der Waals surface area contributed by atoms with Gasteiger partial charge < -0.3 is 14.6 Å². The van der Waals surface area contributed by atoms with Crippen molar-refractivity contribution in [2.24, 2.45) is 0 Å². The fourth-order valence-corrected chi connectivity index (χ4v) is 5.09. The van der Waals surface area contributed by atoms with Crippen molar-refractivity contribution >= 4 is 27.3 Å². The van der Waals surface area contributed by atoms with E-state index in [1.807, 2.05) is 0 Å². The molecular weight excluding hydrogens is 467 g/mol. The second kappa shape index (κ2) is 8.86. The minimum absolute atomic E-state index is 0.00548. The predicted octanol–water partition coefficient (Wildman–Crippen LogP) is 3.99. The summed E-state index contributed by atoms with van der Waals surface area (Å²) >= 11 is 1.12. The summed E-state index contributed by atoms with van der Waals surface area (Å²) < 4.78 is 68.5. The zero-order valence-corrected chi connectivity index (χ0v) is 18.0. The lowest BCUT2D eigenvalue weighted by Crippen LogP contribution is -2.35. The molecule has 1 saturated heterocycles. The summed E-state index contributed by atoms with van der Waals surface area (Å²) in [6.45, 7) is -0.440. The Bertz CT molecular complexity index is 1270. The van der Waals surface area contributed by atoms with Gasteiger partial charge in [0.25, 0.3) is 5.56 Å². The Hall–Kier alpha value is -2.79. The molecular formula is C22H19F5N2O3S. The van der Waals surface area contributed by atoms with Crippen LogP contribution in [0.3, 0.4) is 0 Å². The molecule has 4 rings (SSSR count).